The van der Waals surface area contributed by atoms with Crippen LogP contribution in [0.15, 0.2) is 0 Å². The van der Waals surface area contributed by atoms with Crippen molar-refractivity contribution in [3.63, 3.8) is 0 Å². The summed E-state index contributed by atoms with van der Waals surface area (Å²) in [4.78, 5) is 72.2. The normalized spacial score (nSPS) is 14.5. The van der Waals surface area contributed by atoms with Gasteiger partial charge in [0.1, 0.15) is 19.3 Å². The first kappa shape index (κ1) is 88.1. The minimum absolute atomic E-state index is 0.103. The van der Waals surface area contributed by atoms with Crippen LogP contribution in [0.5, 0.6) is 0 Å². The molecule has 0 fully saturated rings. The van der Waals surface area contributed by atoms with E-state index in [4.69, 9.17) is 37.0 Å². The molecule has 19 heteroatoms. The number of unbranched alkanes of at least 4 members (excludes halogenated alkanes) is 36. The summed E-state index contributed by atoms with van der Waals surface area (Å²) in [5.41, 5.74) is 0. The van der Waals surface area contributed by atoms with Crippen LogP contribution in [0.3, 0.4) is 0 Å². The molecule has 0 amide bonds. The zero-order valence-electron chi connectivity index (χ0n) is 58.6. The average Bonchev–Trinajstić information content (AvgIpc) is 3.48. The second kappa shape index (κ2) is 61.9. The molecule has 3 unspecified atom stereocenters. The molecule has 0 aromatic rings. The number of hydrogen-bond donors (Lipinski definition) is 3. The number of hydrogen-bond acceptors (Lipinski definition) is 15. The van der Waals surface area contributed by atoms with Gasteiger partial charge in [-0.2, -0.15) is 0 Å². The Balaban J connectivity index is 5.09. The maximum absolute atomic E-state index is 13.0. The molecule has 0 aliphatic heterocycles. The van der Waals surface area contributed by atoms with E-state index in [9.17, 15) is 43.2 Å². The number of phosphoric acid groups is 2. The minimum Gasteiger partial charge on any atom is -0.462 e. The van der Waals surface area contributed by atoms with Gasteiger partial charge in [0, 0.05) is 25.7 Å². The molecule has 0 bridgehead atoms. The predicted octanol–water partition coefficient (Wildman–Crippen LogP) is 20.2. The fourth-order valence-corrected chi connectivity index (χ4v) is 12.3. The maximum Gasteiger partial charge on any atom is 0.472 e. The summed E-state index contributed by atoms with van der Waals surface area (Å²) in [7, 11) is -9.89. The van der Waals surface area contributed by atoms with Gasteiger partial charge in [-0.25, -0.2) is 9.13 Å². The summed E-state index contributed by atoms with van der Waals surface area (Å²) >= 11 is 0. The van der Waals surface area contributed by atoms with E-state index in [-0.39, 0.29) is 25.7 Å². The molecule has 17 nitrogen and oxygen atoms in total. The number of carbonyl (C=O) groups excluding carboxylic acids is 4. The van der Waals surface area contributed by atoms with Crippen LogP contribution < -0.4 is 0 Å². The molecular weight excluding hydrogens is 1190 g/mol. The third-order valence-electron chi connectivity index (χ3n) is 16.7. The Morgan fingerprint density at radius 2 is 0.567 bits per heavy atom. The highest BCUT2D eigenvalue weighted by Crippen LogP contribution is 2.45. The number of esters is 4. The molecule has 0 aliphatic rings. The van der Waals surface area contributed by atoms with Gasteiger partial charge in [-0.3, -0.25) is 37.3 Å². The fourth-order valence-electron chi connectivity index (χ4n) is 10.7. The van der Waals surface area contributed by atoms with Crippen molar-refractivity contribution in [1.29, 1.82) is 0 Å². The molecule has 0 spiro atoms. The summed E-state index contributed by atoms with van der Waals surface area (Å²) in [5, 5.41) is 10.6. The summed E-state index contributed by atoms with van der Waals surface area (Å²) in [6.07, 6.45) is 46.4. The molecule has 0 saturated heterocycles. The highest BCUT2D eigenvalue weighted by atomic mass is 31.2. The largest absolute Gasteiger partial charge is 0.472 e. The zero-order chi connectivity index (χ0) is 66.6. The third kappa shape index (κ3) is 63.5. The molecular formula is C71H138O17P2. The molecule has 0 aromatic heterocycles. The molecule has 6 atom stereocenters. The highest BCUT2D eigenvalue weighted by Gasteiger charge is 2.30. The Morgan fingerprint density at radius 1 is 0.322 bits per heavy atom. The number of rotatable bonds is 69. The van der Waals surface area contributed by atoms with E-state index in [1.54, 1.807) is 0 Å². The molecule has 0 rings (SSSR count). The lowest BCUT2D eigenvalue weighted by Gasteiger charge is -2.21. The molecule has 3 N–H and O–H groups in total. The van der Waals surface area contributed by atoms with Crippen molar-refractivity contribution in [1.82, 2.24) is 0 Å². The van der Waals surface area contributed by atoms with Crippen LogP contribution in [0.2, 0.25) is 0 Å². The lowest BCUT2D eigenvalue weighted by Crippen LogP contribution is -2.30. The summed E-state index contributed by atoms with van der Waals surface area (Å²) in [6, 6.07) is 0. The van der Waals surface area contributed by atoms with Crippen LogP contribution in [0.25, 0.3) is 0 Å². The minimum atomic E-state index is -4.95. The molecule has 0 saturated carbocycles. The number of phosphoric ester groups is 2. The average molecular weight is 1330 g/mol. The van der Waals surface area contributed by atoms with Gasteiger partial charge in [-0.05, 0) is 43.4 Å². The first-order chi connectivity index (χ1) is 43.3. The van der Waals surface area contributed by atoms with Crippen LogP contribution in [0, 0.1) is 17.8 Å². The van der Waals surface area contributed by atoms with Gasteiger partial charge in [0.15, 0.2) is 12.2 Å². The molecule has 0 heterocycles. The van der Waals surface area contributed by atoms with Crippen LogP contribution in [-0.4, -0.2) is 96.7 Å². The van der Waals surface area contributed by atoms with Gasteiger partial charge >= 0.3 is 39.5 Å². The monoisotopic (exact) mass is 1320 g/mol. The SMILES string of the molecule is CCCCCCCC(=O)OC[C@H](COP(=O)(O)OC[C@H](O)COP(=O)(O)OC[C@@H](COC(=O)CCCCCCCCCCCC(C)C)OC(=O)CCCCCCCCCCCCCCCCCCCCC(C)CC)OC(=O)CCCCCCCCCCC(C)C. The van der Waals surface area contributed by atoms with Gasteiger partial charge in [0.25, 0.3) is 0 Å². The van der Waals surface area contributed by atoms with E-state index in [1.165, 1.54) is 161 Å². The van der Waals surface area contributed by atoms with Crippen LogP contribution in [-0.2, 0) is 65.4 Å². The van der Waals surface area contributed by atoms with Gasteiger partial charge in [-0.15, -0.1) is 0 Å². The summed E-state index contributed by atoms with van der Waals surface area (Å²) < 4.78 is 68.0. The zero-order valence-corrected chi connectivity index (χ0v) is 60.4. The van der Waals surface area contributed by atoms with Crippen molar-refractivity contribution in [3.05, 3.63) is 0 Å². The van der Waals surface area contributed by atoms with E-state index in [0.29, 0.717) is 25.7 Å². The first-order valence-corrected chi connectivity index (χ1v) is 39.9. The van der Waals surface area contributed by atoms with Crippen molar-refractivity contribution in [3.8, 4) is 0 Å². The second-order valence-corrected chi connectivity index (χ2v) is 29.7. The molecule has 0 aliphatic carbocycles. The standard InChI is InChI=1S/C71H138O17P2/c1-8-10-11-35-45-52-68(73)81-58-66(87-71(76)55-48-41-34-28-27-30-37-43-50-63(5)6)60-85-89(77,78)83-56-65(72)57-84-90(79,80)86-61-67(59-82-69(74)53-46-39-32-26-22-23-29-36-42-49-62(3)4)88-70(75)54-47-40-33-25-21-19-17-15-13-12-14-16-18-20-24-31-38-44-51-64(7)9-2/h62-67,72H,8-61H2,1-7H3,(H,77,78)(H,79,80)/t64?,65-,66+,67+/m0/s1. The quantitative estimate of drug-likeness (QED) is 0.0222. The van der Waals surface area contributed by atoms with Gasteiger partial charge < -0.3 is 33.8 Å². The van der Waals surface area contributed by atoms with Gasteiger partial charge in [0.05, 0.1) is 26.4 Å². The molecule has 90 heavy (non-hydrogen) atoms. The van der Waals surface area contributed by atoms with Crippen molar-refractivity contribution in [2.75, 3.05) is 39.6 Å². The van der Waals surface area contributed by atoms with Gasteiger partial charge in [-0.1, -0.05) is 305 Å². The second-order valence-electron chi connectivity index (χ2n) is 26.8. The van der Waals surface area contributed by atoms with Crippen molar-refractivity contribution < 1.29 is 80.2 Å². The van der Waals surface area contributed by atoms with Crippen molar-refractivity contribution in [2.45, 2.75) is 375 Å². The molecule has 0 aromatic carbocycles. The summed E-state index contributed by atoms with van der Waals surface area (Å²) in [5.74, 6) is 0.194. The Kier molecular flexibility index (Phi) is 60.6. The maximum atomic E-state index is 13.0. The number of aliphatic hydroxyl groups excluding tert-OH is 1. The Morgan fingerprint density at radius 3 is 0.844 bits per heavy atom. The van der Waals surface area contributed by atoms with Crippen molar-refractivity contribution in [2.24, 2.45) is 17.8 Å². The Labute approximate surface area is 549 Å². The third-order valence-corrected chi connectivity index (χ3v) is 18.6. The van der Waals surface area contributed by atoms with Crippen LogP contribution >= 0.6 is 15.6 Å². The van der Waals surface area contributed by atoms with Gasteiger partial charge in [0.2, 0.25) is 0 Å². The molecule has 0 radical (unpaired) electrons. The predicted molar refractivity (Wildman–Crippen MR) is 363 cm³/mol. The lowest BCUT2D eigenvalue weighted by atomic mass is 9.99. The Hall–Kier alpha value is -1.94. The topological polar surface area (TPSA) is 237 Å². The smallest absolute Gasteiger partial charge is 0.462 e. The number of ether oxygens (including phenoxy) is 4. The molecule has 534 valence electrons. The van der Waals surface area contributed by atoms with Crippen LogP contribution in [0.4, 0.5) is 0 Å². The van der Waals surface area contributed by atoms with E-state index >= 15 is 0 Å². The number of aliphatic hydroxyl groups is 1. The Bertz CT molecular complexity index is 1770. The van der Waals surface area contributed by atoms with E-state index in [0.717, 1.165) is 114 Å². The first-order valence-electron chi connectivity index (χ1n) is 36.9. The highest BCUT2D eigenvalue weighted by molar-refractivity contribution is 7.47. The number of carbonyl (C=O) groups is 4. The fraction of sp³-hybridized carbons (Fsp3) is 0.944. The van der Waals surface area contributed by atoms with Crippen molar-refractivity contribution >= 4 is 39.5 Å². The van der Waals surface area contributed by atoms with Crippen LogP contribution in [0.1, 0.15) is 357 Å². The van der Waals surface area contributed by atoms with E-state index < -0.39 is 97.5 Å². The lowest BCUT2D eigenvalue weighted by molar-refractivity contribution is -0.161. The van der Waals surface area contributed by atoms with E-state index in [1.807, 2.05) is 0 Å². The summed E-state index contributed by atoms with van der Waals surface area (Å²) in [6.45, 7) is 11.8. The van der Waals surface area contributed by atoms with E-state index in [2.05, 4.69) is 48.5 Å².